The number of amides is 2. The van der Waals surface area contributed by atoms with Crippen molar-refractivity contribution >= 4 is 11.7 Å². The Hall–Kier alpha value is -1.79. The second-order valence-electron chi connectivity index (χ2n) is 7.45. The molecule has 0 aromatic heterocycles. The van der Waals surface area contributed by atoms with Gasteiger partial charge in [0, 0.05) is 31.9 Å². The number of urea groups is 1. The predicted molar refractivity (Wildman–Crippen MR) is 103 cm³/mol. The van der Waals surface area contributed by atoms with E-state index in [9.17, 15) is 4.79 Å². The Morgan fingerprint density at radius 3 is 2.46 bits per heavy atom. The SMILES string of the molecule is CC1CN(CCNC(=O)Nc2ccc(OC3CCCC3)cc2)CC(C)O1. The summed E-state index contributed by atoms with van der Waals surface area (Å²) < 4.78 is 11.7. The summed E-state index contributed by atoms with van der Waals surface area (Å²) in [5.74, 6) is 0.874. The molecule has 2 unspecified atom stereocenters. The van der Waals surface area contributed by atoms with Crippen LogP contribution in [0.2, 0.25) is 0 Å². The van der Waals surface area contributed by atoms with Crippen LogP contribution in [0.3, 0.4) is 0 Å². The third-order valence-electron chi connectivity index (χ3n) is 4.93. The number of carbonyl (C=O) groups is 1. The highest BCUT2D eigenvalue weighted by Crippen LogP contribution is 2.24. The summed E-state index contributed by atoms with van der Waals surface area (Å²) >= 11 is 0. The number of nitrogens with zero attached hydrogens (tertiary/aromatic N) is 1. The third-order valence-corrected chi connectivity index (χ3v) is 4.93. The van der Waals surface area contributed by atoms with Crippen molar-refractivity contribution in [3.8, 4) is 5.75 Å². The van der Waals surface area contributed by atoms with Gasteiger partial charge in [-0.3, -0.25) is 4.90 Å². The fraction of sp³-hybridized carbons (Fsp3) is 0.650. The molecule has 26 heavy (non-hydrogen) atoms. The van der Waals surface area contributed by atoms with E-state index in [0.717, 1.165) is 43.9 Å². The topological polar surface area (TPSA) is 62.8 Å². The first-order valence-electron chi connectivity index (χ1n) is 9.78. The van der Waals surface area contributed by atoms with Crippen LogP contribution in [0.4, 0.5) is 10.5 Å². The Labute approximate surface area is 156 Å². The highest BCUT2D eigenvalue weighted by molar-refractivity contribution is 5.89. The molecule has 1 aromatic carbocycles. The minimum absolute atomic E-state index is 0.177. The first-order valence-corrected chi connectivity index (χ1v) is 9.78. The molecule has 1 saturated heterocycles. The summed E-state index contributed by atoms with van der Waals surface area (Å²) in [5.41, 5.74) is 0.773. The van der Waals surface area contributed by atoms with E-state index in [1.54, 1.807) is 0 Å². The molecule has 1 aliphatic carbocycles. The highest BCUT2D eigenvalue weighted by Gasteiger charge is 2.21. The number of anilines is 1. The molecule has 1 aromatic rings. The van der Waals surface area contributed by atoms with E-state index in [-0.39, 0.29) is 18.2 Å². The van der Waals surface area contributed by atoms with Crippen LogP contribution in [0.25, 0.3) is 0 Å². The third kappa shape index (κ3) is 5.88. The zero-order valence-electron chi connectivity index (χ0n) is 15.9. The maximum atomic E-state index is 12.0. The Balaban J connectivity index is 1.36. The highest BCUT2D eigenvalue weighted by atomic mass is 16.5. The van der Waals surface area contributed by atoms with E-state index in [2.05, 4.69) is 29.4 Å². The van der Waals surface area contributed by atoms with E-state index in [1.807, 2.05) is 24.3 Å². The van der Waals surface area contributed by atoms with Crippen molar-refractivity contribution in [1.29, 1.82) is 0 Å². The van der Waals surface area contributed by atoms with Crippen molar-refractivity contribution in [2.24, 2.45) is 0 Å². The lowest BCUT2D eigenvalue weighted by Crippen LogP contribution is -2.48. The van der Waals surface area contributed by atoms with Crippen LogP contribution < -0.4 is 15.4 Å². The zero-order valence-corrected chi connectivity index (χ0v) is 15.9. The number of ether oxygens (including phenoxy) is 2. The normalized spacial score (nSPS) is 24.4. The van der Waals surface area contributed by atoms with Gasteiger partial charge in [0.15, 0.2) is 0 Å². The summed E-state index contributed by atoms with van der Waals surface area (Å²) in [7, 11) is 0. The van der Waals surface area contributed by atoms with E-state index < -0.39 is 0 Å². The molecule has 0 bridgehead atoms. The van der Waals surface area contributed by atoms with Gasteiger partial charge >= 0.3 is 6.03 Å². The molecular formula is C20H31N3O3. The first-order chi connectivity index (χ1) is 12.6. The number of rotatable bonds is 6. The molecule has 3 rings (SSSR count). The molecule has 2 aliphatic rings. The Kier molecular flexibility index (Phi) is 6.74. The van der Waals surface area contributed by atoms with Gasteiger partial charge in [0.05, 0.1) is 18.3 Å². The van der Waals surface area contributed by atoms with Gasteiger partial charge in [0.2, 0.25) is 0 Å². The fourth-order valence-corrected chi connectivity index (χ4v) is 3.79. The Bertz CT molecular complexity index is 562. The van der Waals surface area contributed by atoms with Crippen molar-refractivity contribution < 1.29 is 14.3 Å². The van der Waals surface area contributed by atoms with Crippen LogP contribution in [-0.4, -0.2) is 55.4 Å². The minimum atomic E-state index is -0.177. The lowest BCUT2D eigenvalue weighted by molar-refractivity contribution is -0.0672. The van der Waals surface area contributed by atoms with Crippen molar-refractivity contribution in [3.63, 3.8) is 0 Å². The number of benzene rings is 1. The molecule has 1 saturated carbocycles. The van der Waals surface area contributed by atoms with E-state index in [0.29, 0.717) is 12.6 Å². The summed E-state index contributed by atoms with van der Waals surface area (Å²) in [5, 5.41) is 5.79. The molecule has 0 spiro atoms. The molecule has 1 heterocycles. The molecule has 6 nitrogen and oxygen atoms in total. The molecule has 2 N–H and O–H groups in total. The average molecular weight is 361 g/mol. The molecule has 1 aliphatic heterocycles. The quantitative estimate of drug-likeness (QED) is 0.816. The van der Waals surface area contributed by atoms with Crippen LogP contribution in [0.15, 0.2) is 24.3 Å². The van der Waals surface area contributed by atoms with Crippen LogP contribution in [-0.2, 0) is 4.74 Å². The van der Waals surface area contributed by atoms with Crippen LogP contribution >= 0.6 is 0 Å². The molecule has 6 heteroatoms. The number of carbonyl (C=O) groups excluding carboxylic acids is 1. The Morgan fingerprint density at radius 1 is 1.15 bits per heavy atom. The van der Waals surface area contributed by atoms with Gasteiger partial charge < -0.3 is 20.1 Å². The summed E-state index contributed by atoms with van der Waals surface area (Å²) in [6.45, 7) is 7.45. The number of hydrogen-bond acceptors (Lipinski definition) is 4. The van der Waals surface area contributed by atoms with Crippen LogP contribution in [0.5, 0.6) is 5.75 Å². The maximum absolute atomic E-state index is 12.0. The molecule has 2 amide bonds. The van der Waals surface area contributed by atoms with Crippen molar-refractivity contribution in [2.75, 3.05) is 31.5 Å². The Morgan fingerprint density at radius 2 is 1.81 bits per heavy atom. The summed E-state index contributed by atoms with van der Waals surface area (Å²) in [6.07, 6.45) is 5.64. The van der Waals surface area contributed by atoms with Crippen molar-refractivity contribution in [1.82, 2.24) is 10.2 Å². The molecule has 2 fully saturated rings. The number of hydrogen-bond donors (Lipinski definition) is 2. The van der Waals surface area contributed by atoms with Crippen LogP contribution in [0, 0.1) is 0 Å². The minimum Gasteiger partial charge on any atom is -0.490 e. The molecule has 144 valence electrons. The maximum Gasteiger partial charge on any atom is 0.319 e. The predicted octanol–water partition coefficient (Wildman–Crippen LogP) is 3.24. The van der Waals surface area contributed by atoms with Crippen molar-refractivity contribution in [2.45, 2.75) is 57.8 Å². The summed E-state index contributed by atoms with van der Waals surface area (Å²) in [6, 6.07) is 7.43. The zero-order chi connectivity index (χ0) is 18.4. The number of morpholine rings is 1. The number of nitrogens with one attached hydrogen (secondary N) is 2. The lowest BCUT2D eigenvalue weighted by atomic mass is 10.2. The second-order valence-corrected chi connectivity index (χ2v) is 7.45. The van der Waals surface area contributed by atoms with E-state index >= 15 is 0 Å². The van der Waals surface area contributed by atoms with E-state index in [4.69, 9.17) is 9.47 Å². The van der Waals surface area contributed by atoms with Gasteiger partial charge in [0.25, 0.3) is 0 Å². The molecule has 2 atom stereocenters. The van der Waals surface area contributed by atoms with Gasteiger partial charge in [-0.25, -0.2) is 4.79 Å². The monoisotopic (exact) mass is 361 g/mol. The summed E-state index contributed by atoms with van der Waals surface area (Å²) in [4.78, 5) is 14.4. The van der Waals surface area contributed by atoms with Crippen LogP contribution in [0.1, 0.15) is 39.5 Å². The van der Waals surface area contributed by atoms with Gasteiger partial charge in [-0.05, 0) is 63.8 Å². The van der Waals surface area contributed by atoms with E-state index in [1.165, 1.54) is 12.8 Å². The smallest absolute Gasteiger partial charge is 0.319 e. The average Bonchev–Trinajstić information content (AvgIpc) is 3.09. The second kappa shape index (κ2) is 9.24. The lowest BCUT2D eigenvalue weighted by Gasteiger charge is -2.35. The first kappa shape index (κ1) is 19.0. The van der Waals surface area contributed by atoms with Gasteiger partial charge in [-0.1, -0.05) is 0 Å². The van der Waals surface area contributed by atoms with Gasteiger partial charge in [0.1, 0.15) is 5.75 Å². The fourth-order valence-electron chi connectivity index (χ4n) is 3.79. The van der Waals surface area contributed by atoms with Gasteiger partial charge in [-0.2, -0.15) is 0 Å². The van der Waals surface area contributed by atoms with Gasteiger partial charge in [-0.15, -0.1) is 0 Å². The molecular weight excluding hydrogens is 330 g/mol. The molecule has 0 radical (unpaired) electrons. The largest absolute Gasteiger partial charge is 0.490 e. The standard InChI is InChI=1S/C20H31N3O3/c1-15-13-23(14-16(2)25-15)12-11-21-20(24)22-17-7-9-19(10-8-17)26-18-5-3-4-6-18/h7-10,15-16,18H,3-6,11-14H2,1-2H3,(H2,21,22,24). The van der Waals surface area contributed by atoms with Crippen molar-refractivity contribution in [3.05, 3.63) is 24.3 Å².